The van der Waals surface area contributed by atoms with Crippen molar-refractivity contribution >= 4 is 28.0 Å². The van der Waals surface area contributed by atoms with E-state index in [-0.39, 0.29) is 11.5 Å². The molecule has 0 aliphatic heterocycles. The zero-order valence-electron chi connectivity index (χ0n) is 15.3. The monoisotopic (exact) mass is 382 g/mol. The van der Waals surface area contributed by atoms with Gasteiger partial charge in [0.1, 0.15) is 0 Å². The van der Waals surface area contributed by atoms with Gasteiger partial charge in [0.15, 0.2) is 5.69 Å². The first-order chi connectivity index (χ1) is 13.2. The number of benzene rings is 1. The van der Waals surface area contributed by atoms with Gasteiger partial charge in [-0.05, 0) is 38.7 Å². The molecule has 0 unspecified atom stereocenters. The van der Waals surface area contributed by atoms with Gasteiger partial charge in [0.05, 0.1) is 16.1 Å². The molecule has 2 heterocycles. The lowest BCUT2D eigenvalue weighted by Crippen LogP contribution is -2.31. The van der Waals surface area contributed by atoms with Gasteiger partial charge in [0, 0.05) is 29.8 Å². The Labute approximate surface area is 161 Å². The summed E-state index contributed by atoms with van der Waals surface area (Å²) in [4.78, 5) is 31.2. The van der Waals surface area contributed by atoms with Crippen LogP contribution in [0.15, 0.2) is 29.1 Å². The van der Waals surface area contributed by atoms with Crippen LogP contribution in [-0.2, 0) is 25.8 Å². The fourth-order valence-corrected chi connectivity index (χ4v) is 4.65. The van der Waals surface area contributed by atoms with E-state index in [0.717, 1.165) is 24.3 Å². The second-order valence-electron chi connectivity index (χ2n) is 6.71. The van der Waals surface area contributed by atoms with Crippen molar-refractivity contribution in [2.75, 3.05) is 6.54 Å². The third-order valence-electron chi connectivity index (χ3n) is 4.90. The summed E-state index contributed by atoms with van der Waals surface area (Å²) in [5, 5.41) is 9.41. The van der Waals surface area contributed by atoms with Gasteiger partial charge in [-0.1, -0.05) is 18.2 Å². The Bertz CT molecular complexity index is 1030. The minimum absolute atomic E-state index is 0.169. The fourth-order valence-electron chi connectivity index (χ4n) is 3.50. The number of nitrogens with one attached hydrogen (secondary N) is 1. The van der Waals surface area contributed by atoms with Gasteiger partial charge in [-0.3, -0.25) is 9.59 Å². The van der Waals surface area contributed by atoms with Crippen molar-refractivity contribution in [3.63, 3.8) is 0 Å². The standard InChI is InChI=1S/C20H22N4O2S/c1-2-24-20(26)14-8-4-3-7-13(14)18(23-24)19(25)21-12-11-17-22-15-9-5-6-10-16(15)27-17/h3-4,7-8H,2,5-6,9-12H2,1H3,(H,21,25). The molecule has 0 radical (unpaired) electrons. The van der Waals surface area contributed by atoms with E-state index >= 15 is 0 Å². The van der Waals surface area contributed by atoms with E-state index in [2.05, 4.69) is 10.4 Å². The van der Waals surface area contributed by atoms with Gasteiger partial charge < -0.3 is 5.32 Å². The van der Waals surface area contributed by atoms with Crippen LogP contribution >= 0.6 is 11.3 Å². The molecule has 140 valence electrons. The Morgan fingerprint density at radius 2 is 2.00 bits per heavy atom. The molecule has 3 aromatic rings. The number of thiazole rings is 1. The highest BCUT2D eigenvalue weighted by molar-refractivity contribution is 7.11. The van der Waals surface area contributed by atoms with Crippen LogP contribution in [0.4, 0.5) is 0 Å². The third kappa shape index (κ3) is 3.51. The molecule has 7 heteroatoms. The van der Waals surface area contributed by atoms with Crippen LogP contribution < -0.4 is 10.9 Å². The van der Waals surface area contributed by atoms with Gasteiger partial charge in [0.25, 0.3) is 11.5 Å². The second kappa shape index (κ2) is 7.60. The molecule has 27 heavy (non-hydrogen) atoms. The molecule has 0 bridgehead atoms. The maximum atomic E-state index is 12.7. The molecule has 0 saturated carbocycles. The Balaban J connectivity index is 1.51. The van der Waals surface area contributed by atoms with Crippen molar-refractivity contribution in [1.29, 1.82) is 0 Å². The highest BCUT2D eigenvalue weighted by Crippen LogP contribution is 2.26. The molecule has 0 atom stereocenters. The first-order valence-corrected chi connectivity index (χ1v) is 10.2. The summed E-state index contributed by atoms with van der Waals surface area (Å²) in [6.07, 6.45) is 5.39. The van der Waals surface area contributed by atoms with Crippen LogP contribution in [0.3, 0.4) is 0 Å². The summed E-state index contributed by atoms with van der Waals surface area (Å²) < 4.78 is 1.34. The predicted octanol–water partition coefficient (Wildman–Crippen LogP) is 2.72. The molecule has 1 N–H and O–H groups in total. The van der Waals surface area contributed by atoms with E-state index in [1.807, 2.05) is 13.0 Å². The van der Waals surface area contributed by atoms with Crippen LogP contribution in [-0.4, -0.2) is 27.2 Å². The van der Waals surface area contributed by atoms with Crippen LogP contribution in [0.2, 0.25) is 0 Å². The average Bonchev–Trinajstić information content (AvgIpc) is 3.11. The maximum Gasteiger partial charge on any atom is 0.274 e. The number of hydrogen-bond acceptors (Lipinski definition) is 5. The van der Waals surface area contributed by atoms with E-state index in [9.17, 15) is 9.59 Å². The smallest absolute Gasteiger partial charge is 0.274 e. The third-order valence-corrected chi connectivity index (χ3v) is 6.11. The Kier molecular flexibility index (Phi) is 5.03. The average molecular weight is 382 g/mol. The van der Waals surface area contributed by atoms with E-state index in [1.165, 1.54) is 28.1 Å². The zero-order valence-corrected chi connectivity index (χ0v) is 16.1. The molecule has 0 fully saturated rings. The fraction of sp³-hybridized carbons (Fsp3) is 0.400. The second-order valence-corrected chi connectivity index (χ2v) is 7.87. The summed E-state index contributed by atoms with van der Waals surface area (Å²) in [7, 11) is 0. The summed E-state index contributed by atoms with van der Waals surface area (Å²) in [6.45, 7) is 2.77. The van der Waals surface area contributed by atoms with Crippen LogP contribution in [0, 0.1) is 0 Å². The van der Waals surface area contributed by atoms with E-state index in [0.29, 0.717) is 29.6 Å². The highest BCUT2D eigenvalue weighted by atomic mass is 32.1. The molecular formula is C20H22N4O2S. The molecule has 1 amide bonds. The van der Waals surface area contributed by atoms with Crippen molar-refractivity contribution in [2.45, 2.75) is 45.6 Å². The van der Waals surface area contributed by atoms with E-state index in [1.54, 1.807) is 29.5 Å². The minimum Gasteiger partial charge on any atom is -0.350 e. The normalized spacial score (nSPS) is 13.5. The molecule has 4 rings (SSSR count). The van der Waals surface area contributed by atoms with Gasteiger partial charge >= 0.3 is 0 Å². The van der Waals surface area contributed by atoms with Crippen molar-refractivity contribution in [1.82, 2.24) is 20.1 Å². The van der Waals surface area contributed by atoms with Crippen LogP contribution in [0.25, 0.3) is 10.8 Å². The van der Waals surface area contributed by atoms with Crippen LogP contribution in [0.5, 0.6) is 0 Å². The molecule has 1 aliphatic rings. The Morgan fingerprint density at radius 1 is 1.22 bits per heavy atom. The maximum absolute atomic E-state index is 12.7. The molecule has 0 spiro atoms. The highest BCUT2D eigenvalue weighted by Gasteiger charge is 2.17. The molecular weight excluding hydrogens is 360 g/mol. The summed E-state index contributed by atoms with van der Waals surface area (Å²) in [6, 6.07) is 7.13. The number of hydrogen-bond donors (Lipinski definition) is 1. The minimum atomic E-state index is -0.255. The number of fused-ring (bicyclic) bond motifs is 2. The number of amides is 1. The molecule has 0 saturated heterocycles. The number of aromatic nitrogens is 3. The quantitative estimate of drug-likeness (QED) is 0.736. The van der Waals surface area contributed by atoms with E-state index in [4.69, 9.17) is 4.98 Å². The largest absolute Gasteiger partial charge is 0.350 e. The first kappa shape index (κ1) is 17.9. The van der Waals surface area contributed by atoms with Crippen molar-refractivity contribution < 1.29 is 4.79 Å². The lowest BCUT2D eigenvalue weighted by Gasteiger charge is -2.09. The summed E-state index contributed by atoms with van der Waals surface area (Å²) in [5.74, 6) is -0.255. The van der Waals surface area contributed by atoms with Gasteiger partial charge in [0.2, 0.25) is 0 Å². The topological polar surface area (TPSA) is 76.9 Å². The number of nitrogens with zero attached hydrogens (tertiary/aromatic N) is 3. The lowest BCUT2D eigenvalue weighted by atomic mass is 10.0. The number of carbonyl (C=O) groups excluding carboxylic acids is 1. The van der Waals surface area contributed by atoms with Gasteiger partial charge in [-0.25, -0.2) is 9.67 Å². The van der Waals surface area contributed by atoms with Gasteiger partial charge in [-0.2, -0.15) is 5.10 Å². The molecule has 6 nitrogen and oxygen atoms in total. The van der Waals surface area contributed by atoms with Crippen molar-refractivity contribution in [3.8, 4) is 0 Å². The molecule has 1 aliphatic carbocycles. The lowest BCUT2D eigenvalue weighted by molar-refractivity contribution is 0.0948. The number of rotatable bonds is 5. The van der Waals surface area contributed by atoms with E-state index < -0.39 is 0 Å². The van der Waals surface area contributed by atoms with Crippen LogP contribution in [0.1, 0.15) is 45.8 Å². The predicted molar refractivity (Wildman–Crippen MR) is 106 cm³/mol. The Morgan fingerprint density at radius 3 is 2.78 bits per heavy atom. The Hall–Kier alpha value is -2.54. The van der Waals surface area contributed by atoms with Gasteiger partial charge in [-0.15, -0.1) is 11.3 Å². The molecule has 1 aromatic carbocycles. The van der Waals surface area contributed by atoms with Crippen molar-refractivity contribution in [3.05, 3.63) is 55.9 Å². The molecule has 2 aromatic heterocycles. The summed E-state index contributed by atoms with van der Waals surface area (Å²) in [5.41, 5.74) is 1.37. The number of aryl methyl sites for hydroxylation is 3. The van der Waals surface area contributed by atoms with Crippen molar-refractivity contribution in [2.24, 2.45) is 0 Å². The zero-order chi connectivity index (χ0) is 18.8. The number of carbonyl (C=O) groups is 1. The SMILES string of the molecule is CCn1nc(C(=O)NCCc2nc3c(s2)CCCC3)c2ccccc2c1=O. The first-order valence-electron chi connectivity index (χ1n) is 9.43. The summed E-state index contributed by atoms with van der Waals surface area (Å²) >= 11 is 1.77.